The molecule has 256 valence electrons. The van der Waals surface area contributed by atoms with Crippen LogP contribution in [0.1, 0.15) is 40.2 Å². The topological polar surface area (TPSA) is 11.4 Å². The van der Waals surface area contributed by atoms with Crippen molar-refractivity contribution >= 4 is 33.2 Å². The summed E-state index contributed by atoms with van der Waals surface area (Å²) in [5.41, 5.74) is 11.7. The molecule has 0 fully saturated rings. The molecule has 0 spiro atoms. The lowest BCUT2D eigenvalue weighted by molar-refractivity contribution is 0.951. The maximum atomic E-state index is 3.98. The van der Waals surface area contributed by atoms with Crippen LogP contribution in [-0.2, 0) is 0 Å². The molecular weight excluding hydrogens is 619 g/mol. The van der Waals surface area contributed by atoms with Crippen LogP contribution in [0.3, 0.4) is 0 Å². The molecule has 3 nitrogen and oxygen atoms in total. The van der Waals surface area contributed by atoms with Crippen molar-refractivity contribution in [2.45, 2.75) is 41.5 Å². The Labute approximate surface area is 304 Å². The van der Waals surface area contributed by atoms with E-state index in [1.807, 2.05) is 32.1 Å². The highest BCUT2D eigenvalue weighted by molar-refractivity contribution is 6.09. The van der Waals surface area contributed by atoms with E-state index >= 15 is 0 Å². The minimum Gasteiger partial charge on any atom is -0.309 e. The number of hydrogen-bond donors (Lipinski definition) is 0. The number of rotatable bonds is 6. The minimum absolute atomic E-state index is 1.08. The second kappa shape index (κ2) is 17.6. The largest absolute Gasteiger partial charge is 0.309 e. The molecular formula is C48H49N3. The molecule has 7 rings (SSSR count). The Balaban J connectivity index is 0.000000199. The van der Waals surface area contributed by atoms with E-state index in [4.69, 9.17) is 0 Å². The van der Waals surface area contributed by atoms with Gasteiger partial charge in [-0.15, -0.1) is 0 Å². The third-order valence-corrected chi connectivity index (χ3v) is 8.56. The molecule has 0 amide bonds. The van der Waals surface area contributed by atoms with Gasteiger partial charge in [-0.3, -0.25) is 0 Å². The van der Waals surface area contributed by atoms with Crippen molar-refractivity contribution in [3.05, 3.63) is 211 Å². The summed E-state index contributed by atoms with van der Waals surface area (Å²) < 4.78 is 2.34. The summed E-state index contributed by atoms with van der Waals surface area (Å²) in [5.74, 6) is 0. The quantitative estimate of drug-likeness (QED) is 0.175. The Kier molecular flexibility index (Phi) is 12.5. The maximum Gasteiger partial charge on any atom is 0.0699 e. The Morgan fingerprint density at radius 1 is 0.510 bits per heavy atom. The van der Waals surface area contributed by atoms with Crippen LogP contribution in [0.2, 0.25) is 0 Å². The van der Waals surface area contributed by atoms with Crippen molar-refractivity contribution in [2.24, 2.45) is 0 Å². The number of benzene rings is 5. The van der Waals surface area contributed by atoms with Crippen LogP contribution in [0.25, 0.3) is 27.5 Å². The normalized spacial score (nSPS) is 14.7. The van der Waals surface area contributed by atoms with Crippen molar-refractivity contribution in [3.8, 4) is 5.69 Å². The van der Waals surface area contributed by atoms with E-state index in [1.54, 1.807) is 0 Å². The smallest absolute Gasteiger partial charge is 0.0699 e. The number of fused-ring (bicyclic) bond motifs is 3. The molecule has 0 radical (unpaired) electrons. The van der Waals surface area contributed by atoms with Crippen molar-refractivity contribution in [2.75, 3.05) is 9.80 Å². The highest BCUT2D eigenvalue weighted by Gasteiger charge is 2.32. The van der Waals surface area contributed by atoms with Gasteiger partial charge in [-0.25, -0.2) is 0 Å². The van der Waals surface area contributed by atoms with E-state index in [2.05, 4.69) is 206 Å². The molecule has 0 saturated heterocycles. The van der Waals surface area contributed by atoms with Crippen LogP contribution < -0.4 is 9.80 Å². The van der Waals surface area contributed by atoms with E-state index in [0.29, 0.717) is 0 Å². The highest BCUT2D eigenvalue weighted by Crippen LogP contribution is 2.42. The standard InChI is InChI=1S/C27H28N2.C19H15N.C2H6/c1-5-15-25-24(8-4)28(22-18-11-9-12-19-22)26(16-6-2)27(17-7-3)29(25)23-20-13-10-14-21-23;1-14-11-12-19-17(13-14)16-9-5-6-10-18(16)20(19)15-7-3-2-4-8-15;1-2/h5-21H,1H2,2-4H3;2-13H,1H3;1-2H3/b16-6-,17-7-,24-8+,25-15+;;. The van der Waals surface area contributed by atoms with E-state index in [1.165, 1.54) is 33.1 Å². The van der Waals surface area contributed by atoms with Crippen molar-refractivity contribution in [1.82, 2.24) is 4.57 Å². The van der Waals surface area contributed by atoms with E-state index < -0.39 is 0 Å². The molecule has 5 aromatic carbocycles. The van der Waals surface area contributed by atoms with Crippen LogP contribution in [0.5, 0.6) is 0 Å². The van der Waals surface area contributed by atoms with Gasteiger partial charge < -0.3 is 14.4 Å². The van der Waals surface area contributed by atoms with E-state index in [0.717, 1.165) is 34.2 Å². The first kappa shape index (κ1) is 36.2. The summed E-state index contributed by atoms with van der Waals surface area (Å²) in [6, 6.07) is 46.8. The van der Waals surface area contributed by atoms with Crippen LogP contribution >= 0.6 is 0 Å². The molecule has 1 aliphatic heterocycles. The summed E-state index contributed by atoms with van der Waals surface area (Å²) >= 11 is 0. The number of aromatic nitrogens is 1. The molecule has 1 aromatic heterocycles. The van der Waals surface area contributed by atoms with Gasteiger partial charge in [0.25, 0.3) is 0 Å². The van der Waals surface area contributed by atoms with Gasteiger partial charge in [-0.2, -0.15) is 0 Å². The number of anilines is 2. The number of hydrogen-bond acceptors (Lipinski definition) is 2. The zero-order valence-electron chi connectivity index (χ0n) is 30.8. The Hall–Kier alpha value is -6.06. The molecule has 0 aliphatic carbocycles. The fourth-order valence-electron chi connectivity index (χ4n) is 6.55. The summed E-state index contributed by atoms with van der Waals surface area (Å²) in [7, 11) is 0. The fraction of sp³-hybridized carbons (Fsp3) is 0.125. The second-order valence-corrected chi connectivity index (χ2v) is 11.8. The first-order chi connectivity index (χ1) is 25.1. The molecule has 0 unspecified atom stereocenters. The number of aryl methyl sites for hydroxylation is 1. The predicted molar refractivity (Wildman–Crippen MR) is 223 cm³/mol. The Morgan fingerprint density at radius 3 is 1.49 bits per heavy atom. The van der Waals surface area contributed by atoms with Gasteiger partial charge in [-0.05, 0) is 101 Å². The van der Waals surface area contributed by atoms with Gasteiger partial charge in [0, 0.05) is 27.8 Å². The number of nitrogens with zero attached hydrogens (tertiary/aromatic N) is 3. The SMILES string of the molecule is C=C/C=C1\C(=C/C)N(c2ccccc2)C(/C=C\C)=C(/C=C\C)N1c1ccccc1.CC.Cc1ccc2c(c1)c1ccccc1n2-c1ccccc1. The lowest BCUT2D eigenvalue weighted by Gasteiger charge is -2.42. The molecule has 0 N–H and O–H groups in total. The molecule has 3 heteroatoms. The lowest BCUT2D eigenvalue weighted by atomic mass is 10.0. The predicted octanol–water partition coefficient (Wildman–Crippen LogP) is 13.5. The lowest BCUT2D eigenvalue weighted by Crippen LogP contribution is -2.38. The van der Waals surface area contributed by atoms with Gasteiger partial charge in [0.05, 0.1) is 33.8 Å². The average Bonchev–Trinajstić information content (AvgIpc) is 3.51. The number of para-hydroxylation sites is 4. The van der Waals surface area contributed by atoms with E-state index in [-0.39, 0.29) is 0 Å². The van der Waals surface area contributed by atoms with E-state index in [9.17, 15) is 0 Å². The zero-order chi connectivity index (χ0) is 36.2. The van der Waals surface area contributed by atoms with Gasteiger partial charge in [-0.1, -0.05) is 129 Å². The average molecular weight is 668 g/mol. The molecule has 0 saturated carbocycles. The summed E-state index contributed by atoms with van der Waals surface area (Å²) in [6.45, 7) is 16.3. The maximum absolute atomic E-state index is 3.98. The molecule has 0 atom stereocenters. The van der Waals surface area contributed by atoms with Crippen LogP contribution in [0.15, 0.2) is 205 Å². The molecule has 6 aromatic rings. The van der Waals surface area contributed by atoms with Gasteiger partial charge in [0.2, 0.25) is 0 Å². The van der Waals surface area contributed by atoms with Gasteiger partial charge in [0.15, 0.2) is 0 Å². The van der Waals surface area contributed by atoms with Crippen LogP contribution in [0, 0.1) is 6.92 Å². The first-order valence-corrected chi connectivity index (χ1v) is 17.9. The molecule has 51 heavy (non-hydrogen) atoms. The Morgan fingerprint density at radius 2 is 0.980 bits per heavy atom. The van der Waals surface area contributed by atoms with Gasteiger partial charge in [0.1, 0.15) is 0 Å². The van der Waals surface area contributed by atoms with Crippen molar-refractivity contribution in [1.29, 1.82) is 0 Å². The molecule has 0 bridgehead atoms. The minimum atomic E-state index is 1.08. The molecule has 2 heterocycles. The fourth-order valence-corrected chi connectivity index (χ4v) is 6.55. The monoisotopic (exact) mass is 667 g/mol. The highest BCUT2D eigenvalue weighted by atomic mass is 15.3. The van der Waals surface area contributed by atoms with Gasteiger partial charge >= 0.3 is 0 Å². The molecule has 1 aliphatic rings. The summed E-state index contributed by atoms with van der Waals surface area (Å²) in [6.07, 6.45) is 14.6. The number of allylic oxidation sites excluding steroid dienone is 7. The summed E-state index contributed by atoms with van der Waals surface area (Å²) in [4.78, 5) is 4.61. The van der Waals surface area contributed by atoms with Crippen LogP contribution in [0.4, 0.5) is 11.4 Å². The van der Waals surface area contributed by atoms with Crippen molar-refractivity contribution < 1.29 is 0 Å². The third kappa shape index (κ3) is 7.59. The first-order valence-electron chi connectivity index (χ1n) is 17.9. The second-order valence-electron chi connectivity index (χ2n) is 11.8. The Bertz CT molecular complexity index is 2210. The van der Waals surface area contributed by atoms with Crippen LogP contribution in [-0.4, -0.2) is 4.57 Å². The third-order valence-electron chi connectivity index (χ3n) is 8.56. The van der Waals surface area contributed by atoms with Crippen molar-refractivity contribution in [3.63, 3.8) is 0 Å². The zero-order valence-corrected chi connectivity index (χ0v) is 30.8. The summed E-state index contributed by atoms with van der Waals surface area (Å²) in [5, 5.41) is 2.64.